The predicted molar refractivity (Wildman–Crippen MR) is 65.7 cm³/mol. The zero-order chi connectivity index (χ0) is 12.0. The number of hydrogen-bond donors (Lipinski definition) is 3. The Bertz CT molecular complexity index is 446. The number of benzene rings is 1. The van der Waals surface area contributed by atoms with Gasteiger partial charge in [0.05, 0.1) is 6.61 Å². The molecular formula is C14H19NO2. The van der Waals surface area contributed by atoms with E-state index < -0.39 is 5.54 Å². The van der Waals surface area contributed by atoms with Crippen LogP contribution in [0.3, 0.4) is 0 Å². The Labute approximate surface area is 101 Å². The van der Waals surface area contributed by atoms with Crippen molar-refractivity contribution in [3.8, 4) is 5.75 Å². The topological polar surface area (TPSA) is 66.5 Å². The van der Waals surface area contributed by atoms with Crippen LogP contribution in [0.5, 0.6) is 5.75 Å². The number of fused-ring (bicyclic) bond motifs is 3. The first-order valence-corrected chi connectivity index (χ1v) is 6.34. The molecule has 92 valence electrons. The molecule has 0 amide bonds. The molecule has 0 aliphatic heterocycles. The number of aliphatic hydroxyl groups is 1. The number of rotatable bonds is 1. The van der Waals surface area contributed by atoms with Crippen LogP contribution in [0.15, 0.2) is 18.2 Å². The Hall–Kier alpha value is -1.06. The van der Waals surface area contributed by atoms with Gasteiger partial charge in [-0.25, -0.2) is 0 Å². The highest BCUT2D eigenvalue weighted by Crippen LogP contribution is 2.45. The molecule has 2 bridgehead atoms. The monoisotopic (exact) mass is 233 g/mol. The summed E-state index contributed by atoms with van der Waals surface area (Å²) in [6.45, 7) is 0.0717. The molecule has 3 unspecified atom stereocenters. The lowest BCUT2D eigenvalue weighted by atomic mass is 9.80. The van der Waals surface area contributed by atoms with E-state index in [9.17, 15) is 10.2 Å². The summed E-state index contributed by atoms with van der Waals surface area (Å²) in [5.41, 5.74) is 8.49. The van der Waals surface area contributed by atoms with Gasteiger partial charge in [-0.2, -0.15) is 0 Å². The second kappa shape index (κ2) is 3.72. The van der Waals surface area contributed by atoms with Gasteiger partial charge in [-0.05, 0) is 60.8 Å². The van der Waals surface area contributed by atoms with Crippen molar-refractivity contribution in [1.29, 1.82) is 0 Å². The van der Waals surface area contributed by atoms with Gasteiger partial charge in [0.25, 0.3) is 0 Å². The van der Waals surface area contributed by atoms with Gasteiger partial charge in [-0.15, -0.1) is 0 Å². The fourth-order valence-corrected chi connectivity index (χ4v) is 3.65. The van der Waals surface area contributed by atoms with Crippen LogP contribution in [0, 0.1) is 11.8 Å². The molecule has 1 aromatic rings. The molecule has 0 heterocycles. The van der Waals surface area contributed by atoms with Crippen LogP contribution in [0.25, 0.3) is 0 Å². The van der Waals surface area contributed by atoms with E-state index in [-0.39, 0.29) is 6.61 Å². The van der Waals surface area contributed by atoms with E-state index >= 15 is 0 Å². The molecule has 3 nitrogen and oxygen atoms in total. The molecule has 2 aliphatic rings. The first kappa shape index (κ1) is 11.1. The standard InChI is InChI=1S/C14H19NO2/c15-14(8-16)11-2-3-12(14)6-10-7-13(17)4-1-9(10)5-11/h1,4,7,11-12,16-17H,2-3,5-6,8,15H2. The minimum Gasteiger partial charge on any atom is -0.508 e. The van der Waals surface area contributed by atoms with E-state index in [1.165, 1.54) is 11.1 Å². The quantitative estimate of drug-likeness (QED) is 0.683. The van der Waals surface area contributed by atoms with E-state index in [2.05, 4.69) is 0 Å². The maximum Gasteiger partial charge on any atom is 0.115 e. The lowest BCUT2D eigenvalue weighted by Gasteiger charge is -2.33. The zero-order valence-electron chi connectivity index (χ0n) is 9.89. The second-order valence-corrected chi connectivity index (χ2v) is 5.60. The molecule has 0 saturated heterocycles. The summed E-state index contributed by atoms with van der Waals surface area (Å²) in [5.74, 6) is 1.05. The summed E-state index contributed by atoms with van der Waals surface area (Å²) < 4.78 is 0. The highest BCUT2D eigenvalue weighted by molar-refractivity contribution is 5.38. The lowest BCUT2D eigenvalue weighted by Crippen LogP contribution is -2.52. The number of aromatic hydroxyl groups is 1. The van der Waals surface area contributed by atoms with Crippen molar-refractivity contribution in [2.45, 2.75) is 31.2 Å². The van der Waals surface area contributed by atoms with Crippen LogP contribution < -0.4 is 5.73 Å². The Morgan fingerprint density at radius 3 is 2.47 bits per heavy atom. The van der Waals surface area contributed by atoms with Gasteiger partial charge < -0.3 is 15.9 Å². The molecular weight excluding hydrogens is 214 g/mol. The third-order valence-corrected chi connectivity index (χ3v) is 4.78. The summed E-state index contributed by atoms with van der Waals surface area (Å²) >= 11 is 0. The molecule has 4 N–H and O–H groups in total. The van der Waals surface area contributed by atoms with Gasteiger partial charge in [0.15, 0.2) is 0 Å². The average molecular weight is 233 g/mol. The van der Waals surface area contributed by atoms with Gasteiger partial charge in [-0.1, -0.05) is 6.07 Å². The zero-order valence-corrected chi connectivity index (χ0v) is 9.89. The van der Waals surface area contributed by atoms with Gasteiger partial charge in [0.1, 0.15) is 5.75 Å². The minimum absolute atomic E-state index is 0.0717. The van der Waals surface area contributed by atoms with Crippen molar-refractivity contribution < 1.29 is 10.2 Å². The maximum atomic E-state index is 9.62. The fraction of sp³-hybridized carbons (Fsp3) is 0.571. The normalized spacial score (nSPS) is 35.4. The van der Waals surface area contributed by atoms with Crippen LogP contribution in [0.1, 0.15) is 24.0 Å². The minimum atomic E-state index is -0.422. The number of aliphatic hydroxyl groups excluding tert-OH is 1. The summed E-state index contributed by atoms with van der Waals surface area (Å²) in [6.07, 6.45) is 4.03. The van der Waals surface area contributed by atoms with Crippen molar-refractivity contribution in [3.63, 3.8) is 0 Å². The van der Waals surface area contributed by atoms with Crippen LogP contribution in [-0.2, 0) is 12.8 Å². The number of phenolic OH excluding ortho intramolecular Hbond substituents is 1. The van der Waals surface area contributed by atoms with Gasteiger partial charge in [0.2, 0.25) is 0 Å². The van der Waals surface area contributed by atoms with Gasteiger partial charge in [-0.3, -0.25) is 0 Å². The largest absolute Gasteiger partial charge is 0.508 e. The number of phenols is 1. The Morgan fingerprint density at radius 1 is 1.18 bits per heavy atom. The SMILES string of the molecule is NC1(CO)C2CCC1Cc1cc(O)ccc1C2. The second-order valence-electron chi connectivity index (χ2n) is 5.60. The van der Waals surface area contributed by atoms with Crippen molar-refractivity contribution in [3.05, 3.63) is 29.3 Å². The van der Waals surface area contributed by atoms with Gasteiger partial charge >= 0.3 is 0 Å². The smallest absolute Gasteiger partial charge is 0.115 e. The Kier molecular flexibility index (Phi) is 2.42. The molecule has 1 saturated carbocycles. The molecule has 3 heteroatoms. The molecule has 17 heavy (non-hydrogen) atoms. The first-order valence-electron chi connectivity index (χ1n) is 6.34. The number of nitrogens with two attached hydrogens (primary N) is 1. The van der Waals surface area contributed by atoms with Crippen molar-refractivity contribution >= 4 is 0 Å². The first-order chi connectivity index (χ1) is 8.13. The van der Waals surface area contributed by atoms with Crippen LogP contribution in [0.2, 0.25) is 0 Å². The molecule has 0 spiro atoms. The lowest BCUT2D eigenvalue weighted by molar-refractivity contribution is 0.127. The molecule has 0 aromatic heterocycles. The molecule has 1 aromatic carbocycles. The molecule has 3 rings (SSSR count). The van der Waals surface area contributed by atoms with E-state index in [4.69, 9.17) is 5.73 Å². The van der Waals surface area contributed by atoms with Crippen LogP contribution >= 0.6 is 0 Å². The third kappa shape index (κ3) is 1.57. The molecule has 3 atom stereocenters. The van der Waals surface area contributed by atoms with Crippen LogP contribution in [0.4, 0.5) is 0 Å². The summed E-state index contributed by atoms with van der Waals surface area (Å²) in [4.78, 5) is 0. The predicted octanol–water partition coefficient (Wildman–Crippen LogP) is 1.21. The number of hydrogen-bond acceptors (Lipinski definition) is 3. The summed E-state index contributed by atoms with van der Waals surface area (Å²) in [6, 6.07) is 5.60. The Balaban J connectivity index is 2.03. The van der Waals surface area contributed by atoms with Crippen molar-refractivity contribution in [2.24, 2.45) is 17.6 Å². The highest BCUT2D eigenvalue weighted by atomic mass is 16.3. The van der Waals surface area contributed by atoms with E-state index in [0.29, 0.717) is 17.6 Å². The maximum absolute atomic E-state index is 9.62. The highest BCUT2D eigenvalue weighted by Gasteiger charge is 2.48. The Morgan fingerprint density at radius 2 is 1.82 bits per heavy atom. The summed E-state index contributed by atoms with van der Waals surface area (Å²) in [7, 11) is 0. The third-order valence-electron chi connectivity index (χ3n) is 4.78. The molecule has 2 aliphatic carbocycles. The van der Waals surface area contributed by atoms with E-state index in [1.54, 1.807) is 6.07 Å². The average Bonchev–Trinajstić information content (AvgIpc) is 2.53. The van der Waals surface area contributed by atoms with Crippen molar-refractivity contribution in [1.82, 2.24) is 0 Å². The fourth-order valence-electron chi connectivity index (χ4n) is 3.65. The van der Waals surface area contributed by atoms with E-state index in [0.717, 1.165) is 25.7 Å². The van der Waals surface area contributed by atoms with Crippen LogP contribution in [-0.4, -0.2) is 22.4 Å². The molecule has 0 radical (unpaired) electrons. The van der Waals surface area contributed by atoms with E-state index in [1.807, 2.05) is 12.1 Å². The summed E-state index contributed by atoms with van der Waals surface area (Å²) in [5, 5.41) is 19.2. The van der Waals surface area contributed by atoms with Crippen molar-refractivity contribution in [2.75, 3.05) is 6.61 Å². The molecule has 1 fully saturated rings. The van der Waals surface area contributed by atoms with Gasteiger partial charge in [0, 0.05) is 5.54 Å².